The third kappa shape index (κ3) is 3.40. The van der Waals surface area contributed by atoms with Crippen molar-refractivity contribution in [1.82, 2.24) is 4.98 Å². The van der Waals surface area contributed by atoms with Crippen molar-refractivity contribution in [1.29, 1.82) is 0 Å². The molecule has 2 aromatic rings. The fourth-order valence-corrected chi connectivity index (χ4v) is 2.74. The van der Waals surface area contributed by atoms with Crippen molar-refractivity contribution in [2.75, 3.05) is 0 Å². The van der Waals surface area contributed by atoms with Crippen molar-refractivity contribution >= 4 is 10.9 Å². The number of phenols is 1. The van der Waals surface area contributed by atoms with Gasteiger partial charge in [0.2, 0.25) is 0 Å². The zero-order valence-electron chi connectivity index (χ0n) is 14.1. The van der Waals surface area contributed by atoms with E-state index >= 15 is 0 Å². The Morgan fingerprint density at radius 2 is 1.03 bits per heavy atom. The summed E-state index contributed by atoms with van der Waals surface area (Å²) in [4.78, 5) is 3.02. The van der Waals surface area contributed by atoms with E-state index < -0.39 is 69.8 Å². The van der Waals surface area contributed by atoms with E-state index in [1.165, 1.54) is 0 Å². The Balaban J connectivity index is 3.20. The van der Waals surface area contributed by atoms with E-state index in [1.807, 2.05) is 0 Å². The molecule has 0 spiro atoms. The number of aromatic nitrogens is 1. The molecule has 0 amide bonds. The highest BCUT2D eigenvalue weighted by atomic mass is 19.4. The largest absolute Gasteiger partial charge is 0.505 e. The van der Waals surface area contributed by atoms with Crippen LogP contribution < -0.4 is 0 Å². The summed E-state index contributed by atoms with van der Waals surface area (Å²) in [7, 11) is 0. The van der Waals surface area contributed by atoms with E-state index in [2.05, 4.69) is 4.98 Å². The number of rotatable bonds is 2. The predicted octanol–water partition coefficient (Wildman–Crippen LogP) is 4.56. The highest BCUT2D eigenvalue weighted by molar-refractivity contribution is 5.90. The van der Waals surface area contributed by atoms with Gasteiger partial charge in [0.1, 0.15) is 11.3 Å². The summed E-state index contributed by atoms with van der Waals surface area (Å²) in [6, 6.07) is -0.0943. The molecule has 0 saturated heterocycles. The summed E-state index contributed by atoms with van der Waals surface area (Å²) in [6.07, 6.45) is -26.5. The molecule has 0 atom stereocenters. The standard InChI is InChI=1S/C15H7F12NO3/c16-12(17,18)10(30,13(19,20)21)6-4-7(9(29)8-5(6)2-1-3-28-8)11(31,14(22,23)24)15(25,26)27/h1-4,29-31H. The van der Waals surface area contributed by atoms with Gasteiger partial charge in [-0.15, -0.1) is 0 Å². The average Bonchev–Trinajstić information content (AvgIpc) is 2.57. The van der Waals surface area contributed by atoms with Crippen LogP contribution in [0.1, 0.15) is 11.1 Å². The molecule has 0 fully saturated rings. The molecule has 1 aromatic carbocycles. The smallest absolute Gasteiger partial charge is 0.430 e. The van der Waals surface area contributed by atoms with Crippen molar-refractivity contribution < 1.29 is 68.0 Å². The first kappa shape index (κ1) is 24.8. The normalized spacial score (nSPS) is 14.9. The summed E-state index contributed by atoms with van der Waals surface area (Å²) >= 11 is 0. The fourth-order valence-electron chi connectivity index (χ4n) is 2.74. The minimum absolute atomic E-state index is 0.323. The minimum atomic E-state index is -6.78. The van der Waals surface area contributed by atoms with Gasteiger partial charge in [0, 0.05) is 22.7 Å². The Bertz CT molecular complexity index is 962. The quantitative estimate of drug-likeness (QED) is 0.555. The van der Waals surface area contributed by atoms with Gasteiger partial charge in [0.05, 0.1) is 0 Å². The molecule has 0 unspecified atom stereocenters. The van der Waals surface area contributed by atoms with E-state index in [0.717, 1.165) is 0 Å². The number of fused-ring (bicyclic) bond motifs is 1. The first-order valence-corrected chi connectivity index (χ1v) is 7.45. The zero-order chi connectivity index (χ0) is 24.4. The molecule has 0 radical (unpaired) electrons. The zero-order valence-corrected chi connectivity index (χ0v) is 14.1. The molecule has 0 saturated carbocycles. The average molecular weight is 477 g/mol. The number of phenolic OH excluding ortho intramolecular Hbond substituents is 1. The molecule has 1 aromatic heterocycles. The van der Waals surface area contributed by atoms with Gasteiger partial charge < -0.3 is 15.3 Å². The number of nitrogens with zero attached hydrogens (tertiary/aromatic N) is 1. The second-order valence-corrected chi connectivity index (χ2v) is 6.13. The SMILES string of the molecule is Oc1c(C(O)(C(F)(F)F)C(F)(F)F)cc(C(O)(C(F)(F)F)C(F)(F)F)c2cccnc12. The van der Waals surface area contributed by atoms with Gasteiger partial charge in [-0.25, -0.2) is 0 Å². The monoisotopic (exact) mass is 477 g/mol. The Morgan fingerprint density at radius 1 is 0.645 bits per heavy atom. The maximum atomic E-state index is 13.3. The topological polar surface area (TPSA) is 73.6 Å². The predicted molar refractivity (Wildman–Crippen MR) is 75.4 cm³/mol. The summed E-state index contributed by atoms with van der Waals surface area (Å²) in [5.41, 5.74) is -19.1. The Morgan fingerprint density at radius 3 is 1.42 bits per heavy atom. The second-order valence-electron chi connectivity index (χ2n) is 6.13. The number of hydrogen-bond donors (Lipinski definition) is 3. The van der Waals surface area contributed by atoms with Gasteiger partial charge in [0.25, 0.3) is 11.2 Å². The number of aromatic hydroxyl groups is 1. The first-order valence-electron chi connectivity index (χ1n) is 7.45. The highest BCUT2D eigenvalue weighted by Crippen LogP contribution is 2.57. The molecule has 174 valence electrons. The third-order valence-electron chi connectivity index (χ3n) is 4.29. The second kappa shape index (κ2) is 6.75. The van der Waals surface area contributed by atoms with Gasteiger partial charge >= 0.3 is 24.7 Å². The Labute approximate surface area is 162 Å². The van der Waals surface area contributed by atoms with E-state index in [0.29, 0.717) is 18.3 Å². The van der Waals surface area contributed by atoms with Crippen molar-refractivity contribution in [3.8, 4) is 5.75 Å². The molecule has 0 aliphatic rings. The molecular weight excluding hydrogens is 470 g/mol. The van der Waals surface area contributed by atoms with Crippen molar-refractivity contribution in [2.45, 2.75) is 35.9 Å². The van der Waals surface area contributed by atoms with Crippen LogP contribution in [0.15, 0.2) is 24.4 Å². The number of alkyl halides is 12. The van der Waals surface area contributed by atoms with Crippen LogP contribution >= 0.6 is 0 Å². The van der Waals surface area contributed by atoms with Crippen LogP contribution in [0.5, 0.6) is 5.75 Å². The third-order valence-corrected chi connectivity index (χ3v) is 4.29. The van der Waals surface area contributed by atoms with Crippen molar-refractivity contribution in [3.05, 3.63) is 35.5 Å². The van der Waals surface area contributed by atoms with Crippen molar-refractivity contribution in [2.24, 2.45) is 0 Å². The summed E-state index contributed by atoms with van der Waals surface area (Å²) < 4.78 is 158. The number of aliphatic hydroxyl groups is 2. The summed E-state index contributed by atoms with van der Waals surface area (Å²) in [6.45, 7) is 0. The molecule has 4 nitrogen and oxygen atoms in total. The summed E-state index contributed by atoms with van der Waals surface area (Å²) in [5, 5.41) is 27.3. The van der Waals surface area contributed by atoms with E-state index in [9.17, 15) is 68.0 Å². The molecule has 3 N–H and O–H groups in total. The minimum Gasteiger partial charge on any atom is -0.505 e. The molecule has 16 heteroatoms. The lowest BCUT2D eigenvalue weighted by molar-refractivity contribution is -0.378. The maximum Gasteiger partial charge on any atom is 0.430 e. The number of benzene rings is 1. The van der Waals surface area contributed by atoms with Crippen LogP contribution in [-0.2, 0) is 11.2 Å². The van der Waals surface area contributed by atoms with Crippen molar-refractivity contribution in [3.63, 3.8) is 0 Å². The maximum absolute atomic E-state index is 13.3. The lowest BCUT2D eigenvalue weighted by atomic mass is 9.82. The van der Waals surface area contributed by atoms with Gasteiger partial charge in [-0.2, -0.15) is 52.7 Å². The van der Waals surface area contributed by atoms with Crippen LogP contribution in [0.4, 0.5) is 52.7 Å². The molecule has 0 bridgehead atoms. The molecular formula is C15H7F12NO3. The first-order chi connectivity index (χ1) is 13.6. The number of hydrogen-bond acceptors (Lipinski definition) is 4. The van der Waals surface area contributed by atoms with Gasteiger partial charge in [-0.1, -0.05) is 6.07 Å². The lowest BCUT2D eigenvalue weighted by Crippen LogP contribution is -2.56. The van der Waals surface area contributed by atoms with Crippen LogP contribution in [0, 0.1) is 0 Å². The van der Waals surface area contributed by atoms with E-state index in [4.69, 9.17) is 0 Å². The van der Waals surface area contributed by atoms with E-state index in [1.54, 1.807) is 0 Å². The molecule has 1 heterocycles. The highest BCUT2D eigenvalue weighted by Gasteiger charge is 2.75. The molecule has 0 aliphatic heterocycles. The Hall–Kier alpha value is -2.49. The number of pyridine rings is 1. The van der Waals surface area contributed by atoms with Gasteiger partial charge in [0.15, 0.2) is 0 Å². The molecule has 31 heavy (non-hydrogen) atoms. The molecule has 2 rings (SSSR count). The van der Waals surface area contributed by atoms with Gasteiger partial charge in [-0.05, 0) is 12.1 Å². The number of halogens is 12. The molecule has 0 aliphatic carbocycles. The van der Waals surface area contributed by atoms with Gasteiger partial charge in [-0.3, -0.25) is 4.98 Å². The van der Waals surface area contributed by atoms with Crippen LogP contribution in [-0.4, -0.2) is 45.0 Å². The van der Waals surface area contributed by atoms with Crippen LogP contribution in [0.3, 0.4) is 0 Å². The summed E-state index contributed by atoms with van der Waals surface area (Å²) in [5.74, 6) is -2.21. The van der Waals surface area contributed by atoms with Crippen LogP contribution in [0.25, 0.3) is 10.9 Å². The van der Waals surface area contributed by atoms with E-state index in [-0.39, 0.29) is 0 Å². The fraction of sp³-hybridized carbons (Fsp3) is 0.400. The van der Waals surface area contributed by atoms with Crippen LogP contribution in [0.2, 0.25) is 0 Å². The lowest BCUT2D eigenvalue weighted by Gasteiger charge is -2.36. The Kier molecular flexibility index (Phi) is 5.40.